The summed E-state index contributed by atoms with van der Waals surface area (Å²) in [5.74, 6) is -2.28. The number of rotatable bonds is 6. The molecule has 0 aromatic carbocycles. The second-order valence-electron chi connectivity index (χ2n) is 3.85. The van der Waals surface area contributed by atoms with Crippen LogP contribution < -0.4 is 5.32 Å². The van der Waals surface area contributed by atoms with Gasteiger partial charge < -0.3 is 15.4 Å². The number of alkyl halides is 3. The summed E-state index contributed by atoms with van der Waals surface area (Å²) in [7, 11) is 0. The van der Waals surface area contributed by atoms with Gasteiger partial charge in [-0.1, -0.05) is 0 Å². The number of hydrogen-bond acceptors (Lipinski definition) is 3. The molecule has 3 N–H and O–H groups in total. The Kier molecular flexibility index (Phi) is 4.90. The Morgan fingerprint density at radius 3 is 2.63 bits per heavy atom. The number of imidazole rings is 1. The molecule has 1 rings (SSSR count). The summed E-state index contributed by atoms with van der Waals surface area (Å²) in [6.07, 6.45) is -3.89. The molecule has 1 aromatic heterocycles. The Morgan fingerprint density at radius 1 is 1.47 bits per heavy atom. The first kappa shape index (κ1) is 15.0. The molecule has 0 aliphatic heterocycles. The number of carboxylic acids is 1. The van der Waals surface area contributed by atoms with E-state index in [1.165, 1.54) is 12.5 Å². The van der Waals surface area contributed by atoms with Crippen molar-refractivity contribution >= 4 is 11.9 Å². The van der Waals surface area contributed by atoms with E-state index in [1.54, 1.807) is 0 Å². The second kappa shape index (κ2) is 6.21. The van der Waals surface area contributed by atoms with E-state index >= 15 is 0 Å². The fourth-order valence-corrected chi connectivity index (χ4v) is 1.34. The average molecular weight is 279 g/mol. The Morgan fingerprint density at radius 2 is 2.16 bits per heavy atom. The van der Waals surface area contributed by atoms with Gasteiger partial charge in [0.25, 0.3) is 0 Å². The number of nitrogens with zero attached hydrogens (tertiary/aromatic N) is 1. The molecule has 0 fully saturated rings. The van der Waals surface area contributed by atoms with Crippen molar-refractivity contribution in [2.24, 2.45) is 0 Å². The van der Waals surface area contributed by atoms with Crippen LogP contribution in [0.5, 0.6) is 0 Å². The number of carbonyl (C=O) groups excluding carboxylic acids is 1. The van der Waals surface area contributed by atoms with Crippen LogP contribution in [0.3, 0.4) is 0 Å². The van der Waals surface area contributed by atoms with E-state index in [4.69, 9.17) is 5.11 Å². The van der Waals surface area contributed by atoms with Gasteiger partial charge in [-0.25, -0.2) is 9.78 Å². The number of nitrogens with one attached hydrogen (secondary N) is 2. The molecule has 0 radical (unpaired) electrons. The molecule has 0 aliphatic carbocycles. The predicted molar refractivity (Wildman–Crippen MR) is 57.1 cm³/mol. The van der Waals surface area contributed by atoms with Crippen LogP contribution in [0.15, 0.2) is 12.5 Å². The second-order valence-corrected chi connectivity index (χ2v) is 3.85. The van der Waals surface area contributed by atoms with Crippen molar-refractivity contribution < 1.29 is 27.9 Å². The normalized spacial score (nSPS) is 13.0. The number of carbonyl (C=O) groups is 2. The Hall–Kier alpha value is -2.06. The van der Waals surface area contributed by atoms with Crippen LogP contribution in [-0.4, -0.2) is 39.2 Å². The van der Waals surface area contributed by atoms with Gasteiger partial charge in [0, 0.05) is 24.7 Å². The number of carboxylic acid groups (broad SMARTS) is 1. The standard InChI is InChI=1S/C10H12F3N3O3/c11-10(12,13)2-1-8(17)16-7(9(18)19)3-6-4-14-5-15-6/h4-5,7H,1-3H2,(H,14,15)(H,16,17)(H,18,19)/t7-/m1/s1. The largest absolute Gasteiger partial charge is 0.480 e. The van der Waals surface area contributed by atoms with E-state index in [0.717, 1.165) is 0 Å². The van der Waals surface area contributed by atoms with Crippen molar-refractivity contribution in [1.29, 1.82) is 0 Å². The molecule has 9 heteroatoms. The summed E-state index contributed by atoms with van der Waals surface area (Å²) in [6.45, 7) is 0. The number of amides is 1. The SMILES string of the molecule is O=C(CCC(F)(F)F)N[C@H](Cc1cnc[nH]1)C(=O)O. The Bertz CT molecular complexity index is 431. The lowest BCUT2D eigenvalue weighted by molar-refractivity contribution is -0.146. The van der Waals surface area contributed by atoms with E-state index in [1.807, 2.05) is 5.32 Å². The highest BCUT2D eigenvalue weighted by molar-refractivity contribution is 5.83. The summed E-state index contributed by atoms with van der Waals surface area (Å²) in [6, 6.07) is -1.29. The number of H-pyrrole nitrogens is 1. The highest BCUT2D eigenvalue weighted by Crippen LogP contribution is 2.21. The molecular formula is C10H12F3N3O3. The van der Waals surface area contributed by atoms with Crippen LogP contribution in [-0.2, 0) is 16.0 Å². The van der Waals surface area contributed by atoms with Crippen LogP contribution in [0.1, 0.15) is 18.5 Å². The van der Waals surface area contributed by atoms with Crippen molar-refractivity contribution in [2.75, 3.05) is 0 Å². The molecule has 0 bridgehead atoms. The molecular weight excluding hydrogens is 267 g/mol. The molecule has 1 aromatic rings. The van der Waals surface area contributed by atoms with Gasteiger partial charge in [-0.2, -0.15) is 13.2 Å². The quantitative estimate of drug-likeness (QED) is 0.720. The molecule has 6 nitrogen and oxygen atoms in total. The number of aliphatic carboxylic acids is 1. The molecule has 106 valence electrons. The predicted octanol–water partition coefficient (Wildman–Crippen LogP) is 0.864. The van der Waals surface area contributed by atoms with Crippen LogP contribution in [0.2, 0.25) is 0 Å². The summed E-state index contributed by atoms with van der Waals surface area (Å²) in [5, 5.41) is 10.9. The minimum absolute atomic E-state index is 0.0763. The van der Waals surface area contributed by atoms with Crippen LogP contribution in [0.4, 0.5) is 13.2 Å². The van der Waals surface area contributed by atoms with E-state index in [0.29, 0.717) is 5.69 Å². The van der Waals surface area contributed by atoms with Gasteiger partial charge in [0.1, 0.15) is 6.04 Å². The molecule has 1 amide bonds. The maximum atomic E-state index is 11.9. The Balaban J connectivity index is 2.49. The van der Waals surface area contributed by atoms with Gasteiger partial charge in [0.05, 0.1) is 12.7 Å². The molecule has 0 saturated heterocycles. The van der Waals surface area contributed by atoms with Gasteiger partial charge in [-0.05, 0) is 0 Å². The van der Waals surface area contributed by atoms with Gasteiger partial charge in [-0.3, -0.25) is 4.79 Å². The monoisotopic (exact) mass is 279 g/mol. The lowest BCUT2D eigenvalue weighted by Gasteiger charge is -2.14. The molecule has 1 heterocycles. The first-order valence-corrected chi connectivity index (χ1v) is 5.34. The zero-order valence-corrected chi connectivity index (χ0v) is 9.70. The molecule has 0 unspecified atom stereocenters. The highest BCUT2D eigenvalue weighted by atomic mass is 19.4. The number of hydrogen-bond donors (Lipinski definition) is 3. The average Bonchev–Trinajstić information content (AvgIpc) is 2.77. The van der Waals surface area contributed by atoms with E-state index < -0.39 is 36.9 Å². The van der Waals surface area contributed by atoms with Crippen LogP contribution in [0, 0.1) is 0 Å². The van der Waals surface area contributed by atoms with Gasteiger partial charge in [-0.15, -0.1) is 0 Å². The van der Waals surface area contributed by atoms with Crippen molar-refractivity contribution in [1.82, 2.24) is 15.3 Å². The molecule has 0 saturated carbocycles. The smallest absolute Gasteiger partial charge is 0.389 e. The van der Waals surface area contributed by atoms with Gasteiger partial charge >= 0.3 is 12.1 Å². The minimum Gasteiger partial charge on any atom is -0.480 e. The zero-order chi connectivity index (χ0) is 14.5. The lowest BCUT2D eigenvalue weighted by atomic mass is 10.1. The van der Waals surface area contributed by atoms with E-state index in [-0.39, 0.29) is 6.42 Å². The lowest BCUT2D eigenvalue weighted by Crippen LogP contribution is -2.42. The van der Waals surface area contributed by atoms with Gasteiger partial charge in [0.2, 0.25) is 5.91 Å². The zero-order valence-electron chi connectivity index (χ0n) is 9.70. The third-order valence-electron chi connectivity index (χ3n) is 2.25. The van der Waals surface area contributed by atoms with Gasteiger partial charge in [0.15, 0.2) is 0 Å². The summed E-state index contributed by atoms with van der Waals surface area (Å²) in [4.78, 5) is 28.4. The first-order chi connectivity index (χ1) is 8.78. The molecule has 0 spiro atoms. The first-order valence-electron chi connectivity index (χ1n) is 5.34. The van der Waals surface area contributed by atoms with E-state index in [9.17, 15) is 22.8 Å². The molecule has 19 heavy (non-hydrogen) atoms. The molecule has 1 atom stereocenters. The maximum Gasteiger partial charge on any atom is 0.389 e. The van der Waals surface area contributed by atoms with Crippen LogP contribution in [0.25, 0.3) is 0 Å². The van der Waals surface area contributed by atoms with E-state index in [2.05, 4.69) is 9.97 Å². The third kappa shape index (κ3) is 5.89. The summed E-state index contributed by atoms with van der Waals surface area (Å²) >= 11 is 0. The Labute approximate surface area is 106 Å². The molecule has 0 aliphatic rings. The summed E-state index contributed by atoms with van der Waals surface area (Å²) < 4.78 is 35.7. The topological polar surface area (TPSA) is 95.1 Å². The third-order valence-corrected chi connectivity index (χ3v) is 2.25. The van der Waals surface area contributed by atoms with Crippen molar-refractivity contribution in [3.63, 3.8) is 0 Å². The number of halogens is 3. The highest BCUT2D eigenvalue weighted by Gasteiger charge is 2.29. The minimum atomic E-state index is -4.45. The maximum absolute atomic E-state index is 11.9. The number of aromatic amines is 1. The van der Waals surface area contributed by atoms with Crippen molar-refractivity contribution in [3.05, 3.63) is 18.2 Å². The van der Waals surface area contributed by atoms with Crippen molar-refractivity contribution in [2.45, 2.75) is 31.5 Å². The fraction of sp³-hybridized carbons (Fsp3) is 0.500. The van der Waals surface area contributed by atoms with Crippen LogP contribution >= 0.6 is 0 Å². The van der Waals surface area contributed by atoms with Crippen molar-refractivity contribution in [3.8, 4) is 0 Å². The summed E-state index contributed by atoms with van der Waals surface area (Å²) in [5.41, 5.74) is 0.462. The number of aromatic nitrogens is 2. The fourth-order valence-electron chi connectivity index (χ4n) is 1.34.